The van der Waals surface area contributed by atoms with Gasteiger partial charge in [-0.15, -0.1) is 0 Å². The molecule has 10 heteroatoms. The van der Waals surface area contributed by atoms with Crippen molar-refractivity contribution in [1.29, 1.82) is 5.26 Å². The van der Waals surface area contributed by atoms with Gasteiger partial charge in [0.1, 0.15) is 12.4 Å². The van der Waals surface area contributed by atoms with Crippen molar-refractivity contribution in [3.8, 4) is 6.07 Å². The Kier molecular flexibility index (Phi) is 7.44. The number of halogens is 1. The molecule has 34 heavy (non-hydrogen) atoms. The zero-order chi connectivity index (χ0) is 24.2. The molecule has 3 amide bonds. The molecule has 0 bridgehead atoms. The number of hydrogen-bond donors (Lipinski definition) is 2. The zero-order valence-corrected chi connectivity index (χ0v) is 19.4. The van der Waals surface area contributed by atoms with Gasteiger partial charge in [0.2, 0.25) is 17.7 Å². The normalized spacial score (nSPS) is 25.4. The maximum atomic E-state index is 14.0. The van der Waals surface area contributed by atoms with Crippen LogP contribution in [-0.4, -0.2) is 83.9 Å². The molecule has 0 spiro atoms. The van der Waals surface area contributed by atoms with E-state index >= 15 is 0 Å². The molecule has 0 radical (unpaired) electrons. The van der Waals surface area contributed by atoms with Gasteiger partial charge in [0.25, 0.3) is 0 Å². The third-order valence-corrected chi connectivity index (χ3v) is 7.26. The van der Waals surface area contributed by atoms with Crippen LogP contribution in [0.15, 0.2) is 18.2 Å². The highest BCUT2D eigenvalue weighted by atomic mass is 19.1. The van der Waals surface area contributed by atoms with Crippen LogP contribution < -0.4 is 10.6 Å². The van der Waals surface area contributed by atoms with E-state index < -0.39 is 5.82 Å². The predicted molar refractivity (Wildman–Crippen MR) is 121 cm³/mol. The van der Waals surface area contributed by atoms with Crippen molar-refractivity contribution in [2.45, 2.75) is 44.8 Å². The first-order valence-electron chi connectivity index (χ1n) is 11.8. The fourth-order valence-corrected chi connectivity index (χ4v) is 5.26. The second kappa shape index (κ2) is 10.5. The highest BCUT2D eigenvalue weighted by Gasteiger charge is 2.42. The minimum atomic E-state index is -0.546. The van der Waals surface area contributed by atoms with E-state index in [9.17, 15) is 18.8 Å². The second-order valence-electron chi connectivity index (χ2n) is 9.32. The van der Waals surface area contributed by atoms with Gasteiger partial charge < -0.3 is 15.1 Å². The molecule has 2 saturated heterocycles. The van der Waals surface area contributed by atoms with Crippen LogP contribution >= 0.6 is 0 Å². The van der Waals surface area contributed by atoms with E-state index in [1.54, 1.807) is 6.92 Å². The van der Waals surface area contributed by atoms with Gasteiger partial charge in [0.15, 0.2) is 0 Å². The van der Waals surface area contributed by atoms with Gasteiger partial charge in [0, 0.05) is 57.3 Å². The maximum Gasteiger partial charge on any atom is 0.239 e. The highest BCUT2D eigenvalue weighted by molar-refractivity contribution is 5.86. The lowest BCUT2D eigenvalue weighted by atomic mass is 9.79. The molecule has 3 unspecified atom stereocenters. The van der Waals surface area contributed by atoms with Gasteiger partial charge >= 0.3 is 0 Å². The van der Waals surface area contributed by atoms with Crippen LogP contribution in [0.5, 0.6) is 0 Å². The number of fused-ring (bicyclic) bond motifs is 1. The van der Waals surface area contributed by atoms with Gasteiger partial charge in [-0.25, -0.2) is 4.39 Å². The van der Waals surface area contributed by atoms with Crippen LogP contribution in [0.25, 0.3) is 0 Å². The number of nitrogens with one attached hydrogen (secondary N) is 2. The van der Waals surface area contributed by atoms with E-state index in [-0.39, 0.29) is 53.9 Å². The lowest BCUT2D eigenvalue weighted by molar-refractivity contribution is -0.146. The van der Waals surface area contributed by atoms with Gasteiger partial charge in [-0.3, -0.25) is 24.6 Å². The zero-order valence-electron chi connectivity index (χ0n) is 19.4. The smallest absolute Gasteiger partial charge is 0.239 e. The molecule has 2 N–H and O–H groups in total. The van der Waals surface area contributed by atoms with E-state index in [2.05, 4.69) is 15.5 Å². The van der Waals surface area contributed by atoms with Gasteiger partial charge in [-0.1, -0.05) is 6.07 Å². The van der Waals surface area contributed by atoms with E-state index in [0.717, 1.165) is 51.5 Å². The number of piperazine rings is 1. The summed E-state index contributed by atoms with van der Waals surface area (Å²) in [4.78, 5) is 43.1. The van der Waals surface area contributed by atoms with Crippen molar-refractivity contribution >= 4 is 17.7 Å². The molecule has 4 rings (SSSR count). The van der Waals surface area contributed by atoms with Crippen molar-refractivity contribution in [2.75, 3.05) is 39.4 Å². The molecular weight excluding hydrogens is 439 g/mol. The number of carbonyl (C=O) groups excluding carboxylic acids is 3. The highest BCUT2D eigenvalue weighted by Crippen LogP contribution is 2.32. The lowest BCUT2D eigenvalue weighted by Crippen LogP contribution is -2.62. The number of hydrogen-bond acceptors (Lipinski definition) is 6. The molecule has 9 nitrogen and oxygen atoms in total. The van der Waals surface area contributed by atoms with Crippen molar-refractivity contribution in [3.63, 3.8) is 0 Å². The van der Waals surface area contributed by atoms with Crippen LogP contribution in [0.1, 0.15) is 37.3 Å². The summed E-state index contributed by atoms with van der Waals surface area (Å²) in [6.45, 7) is 4.90. The van der Waals surface area contributed by atoms with Crippen molar-refractivity contribution in [2.24, 2.45) is 5.92 Å². The first-order valence-corrected chi connectivity index (χ1v) is 11.8. The van der Waals surface area contributed by atoms with Crippen LogP contribution in [0.2, 0.25) is 0 Å². The SMILES string of the molecule is CC(=O)N1CCN(C2CCC3NCN(CC(=O)NCc4ccc(C#N)cc4F)C(=O)C3C2)CC1. The third kappa shape index (κ3) is 5.37. The molecule has 0 aromatic heterocycles. The molecule has 182 valence electrons. The molecule has 2 aliphatic heterocycles. The number of benzene rings is 1. The topological polar surface area (TPSA) is 109 Å². The monoisotopic (exact) mass is 470 g/mol. The standard InChI is InChI=1S/C24H31FN6O3/c1-16(32)29-6-8-30(9-7-29)19-4-5-22-20(11-19)24(34)31(15-28-22)14-23(33)27-13-18-3-2-17(12-26)10-21(18)25/h2-3,10,19-20,22,28H,4-9,11,13-15H2,1H3,(H,27,33). The third-order valence-electron chi connectivity index (χ3n) is 7.26. The Morgan fingerprint density at radius 3 is 2.68 bits per heavy atom. The predicted octanol–water partition coefficient (Wildman–Crippen LogP) is 0.404. The summed E-state index contributed by atoms with van der Waals surface area (Å²) < 4.78 is 14.0. The van der Waals surface area contributed by atoms with Gasteiger partial charge in [0.05, 0.1) is 24.2 Å². The van der Waals surface area contributed by atoms with Gasteiger partial charge in [-0.2, -0.15) is 5.26 Å². The molecule has 3 atom stereocenters. The summed E-state index contributed by atoms with van der Waals surface area (Å²) in [5, 5.41) is 14.9. The number of rotatable bonds is 5. The number of amides is 3. The summed E-state index contributed by atoms with van der Waals surface area (Å²) in [6, 6.07) is 6.41. The summed E-state index contributed by atoms with van der Waals surface area (Å²) in [7, 11) is 0. The fraction of sp³-hybridized carbons (Fsp3) is 0.583. The van der Waals surface area contributed by atoms with E-state index in [4.69, 9.17) is 5.26 Å². The summed E-state index contributed by atoms with van der Waals surface area (Å²) in [5.41, 5.74) is 0.508. The molecule has 2 heterocycles. The Labute approximate surface area is 198 Å². The Morgan fingerprint density at radius 2 is 2.00 bits per heavy atom. The minimum absolute atomic E-state index is 0.00774. The first-order chi connectivity index (χ1) is 16.4. The fourth-order valence-electron chi connectivity index (χ4n) is 5.26. The average Bonchev–Trinajstić information content (AvgIpc) is 2.85. The lowest BCUT2D eigenvalue weighted by Gasteiger charge is -2.47. The molecule has 1 aromatic carbocycles. The van der Waals surface area contributed by atoms with E-state index in [0.29, 0.717) is 12.7 Å². The molecular formula is C24H31FN6O3. The second-order valence-corrected chi connectivity index (χ2v) is 9.32. The van der Waals surface area contributed by atoms with Crippen molar-refractivity contribution in [1.82, 2.24) is 25.3 Å². The number of carbonyl (C=O) groups is 3. The Hall–Kier alpha value is -3.03. The molecule has 1 aromatic rings. The summed E-state index contributed by atoms with van der Waals surface area (Å²) in [6.07, 6.45) is 2.66. The minimum Gasteiger partial charge on any atom is -0.350 e. The van der Waals surface area contributed by atoms with Gasteiger partial charge in [-0.05, 0) is 31.4 Å². The largest absolute Gasteiger partial charge is 0.350 e. The average molecular weight is 471 g/mol. The molecule has 3 aliphatic rings. The maximum absolute atomic E-state index is 14.0. The van der Waals surface area contributed by atoms with Crippen LogP contribution in [0.3, 0.4) is 0 Å². The van der Waals surface area contributed by atoms with Crippen molar-refractivity contribution in [3.05, 3.63) is 35.1 Å². The number of nitriles is 1. The van der Waals surface area contributed by atoms with Crippen LogP contribution in [-0.2, 0) is 20.9 Å². The summed E-state index contributed by atoms with van der Waals surface area (Å²) in [5.74, 6) is -0.996. The first kappa shape index (κ1) is 24.1. The van der Waals surface area contributed by atoms with E-state index in [1.165, 1.54) is 17.0 Å². The van der Waals surface area contributed by atoms with Crippen LogP contribution in [0.4, 0.5) is 4.39 Å². The Bertz CT molecular complexity index is 987. The molecule has 3 fully saturated rings. The Balaban J connectivity index is 1.29. The molecule has 1 saturated carbocycles. The Morgan fingerprint density at radius 1 is 1.24 bits per heavy atom. The van der Waals surface area contributed by atoms with Crippen LogP contribution in [0, 0.1) is 23.1 Å². The molecule has 1 aliphatic carbocycles. The summed E-state index contributed by atoms with van der Waals surface area (Å²) >= 11 is 0. The van der Waals surface area contributed by atoms with E-state index in [1.807, 2.05) is 11.0 Å². The quantitative estimate of drug-likeness (QED) is 0.645. The van der Waals surface area contributed by atoms with Crippen molar-refractivity contribution < 1.29 is 18.8 Å². The number of nitrogens with zero attached hydrogens (tertiary/aromatic N) is 4.